The van der Waals surface area contributed by atoms with Crippen molar-refractivity contribution in [2.75, 3.05) is 5.32 Å². The first-order valence-corrected chi connectivity index (χ1v) is 8.72. The molecule has 1 heterocycles. The number of hydrogen-bond donors (Lipinski definition) is 1. The summed E-state index contributed by atoms with van der Waals surface area (Å²) in [4.78, 5) is 15.2. The molecule has 1 N–H and O–H groups in total. The smallest absolute Gasteiger partial charge is 0.324 e. The van der Waals surface area contributed by atoms with E-state index < -0.39 is 23.4 Å². The van der Waals surface area contributed by atoms with E-state index in [1.54, 1.807) is 18.3 Å². The summed E-state index contributed by atoms with van der Waals surface area (Å²) in [6, 6.07) is 7.31. The molecule has 3 nitrogen and oxygen atoms in total. The summed E-state index contributed by atoms with van der Waals surface area (Å²) in [5.41, 5.74) is 1.21. The Morgan fingerprint density at radius 3 is 2.75 bits per heavy atom. The van der Waals surface area contributed by atoms with Crippen molar-refractivity contribution in [2.45, 2.75) is 30.3 Å². The molecule has 128 valence electrons. The lowest BCUT2D eigenvalue weighted by Gasteiger charge is -2.42. The summed E-state index contributed by atoms with van der Waals surface area (Å²) in [5.74, 6) is -0.829. The average Bonchev–Trinajstić information content (AvgIpc) is 2.46. The Morgan fingerprint density at radius 1 is 1.38 bits per heavy atom. The van der Waals surface area contributed by atoms with Crippen LogP contribution in [0.5, 0.6) is 0 Å². The van der Waals surface area contributed by atoms with E-state index in [2.05, 4.69) is 32.9 Å². The van der Waals surface area contributed by atoms with Crippen molar-refractivity contribution in [3.05, 3.63) is 34.0 Å². The van der Waals surface area contributed by atoms with Crippen LogP contribution in [0.2, 0.25) is 0 Å². The van der Waals surface area contributed by atoms with Gasteiger partial charge in [-0.15, -0.1) is 11.6 Å². The largest absolute Gasteiger partial charge is 0.390 e. The highest BCUT2D eigenvalue weighted by atomic mass is 127. The molecule has 1 fully saturated rings. The summed E-state index contributed by atoms with van der Waals surface area (Å²) in [6.45, 7) is 0. The van der Waals surface area contributed by atoms with Gasteiger partial charge in [-0.1, -0.05) is 6.07 Å². The first kappa shape index (κ1) is 17.7. The molecule has 1 amide bonds. The summed E-state index contributed by atoms with van der Waals surface area (Å²) >= 11 is 8.12. The average molecular weight is 469 g/mol. The molecule has 0 unspecified atom stereocenters. The van der Waals surface area contributed by atoms with Crippen LogP contribution in [-0.4, -0.2) is 21.9 Å². The van der Waals surface area contributed by atoms with Gasteiger partial charge in [0.25, 0.3) is 0 Å². The first-order chi connectivity index (χ1) is 11.2. The van der Waals surface area contributed by atoms with Crippen molar-refractivity contribution >= 4 is 56.7 Å². The Morgan fingerprint density at radius 2 is 2.08 bits per heavy atom. The number of rotatable bonds is 3. The number of aromatic nitrogens is 1. The molecule has 3 rings (SSSR count). The summed E-state index contributed by atoms with van der Waals surface area (Å²) in [5, 5.41) is 3.68. The van der Waals surface area contributed by atoms with Crippen LogP contribution in [0.4, 0.5) is 18.9 Å². The zero-order chi connectivity index (χ0) is 17.5. The fourth-order valence-corrected chi connectivity index (χ4v) is 4.12. The van der Waals surface area contributed by atoms with Crippen LogP contribution in [-0.2, 0) is 4.79 Å². The lowest BCUT2D eigenvalue weighted by Crippen LogP contribution is -2.47. The Balaban J connectivity index is 1.70. The number of benzene rings is 1. The van der Waals surface area contributed by atoms with Crippen LogP contribution in [0.3, 0.4) is 0 Å². The van der Waals surface area contributed by atoms with E-state index in [9.17, 15) is 18.0 Å². The highest BCUT2D eigenvalue weighted by Gasteiger charge is 2.51. The second-order valence-corrected chi connectivity index (χ2v) is 8.00. The van der Waals surface area contributed by atoms with E-state index in [4.69, 9.17) is 11.6 Å². The standard InChI is InChI=1S/C16H13ClF3IN2O/c17-15(8-16(18,19)20)6-9(7-15)14(24)23-12-4-3-11(21)10-2-1-5-22-13(10)12/h1-5,9H,6-8H2,(H,23,24). The molecule has 0 atom stereocenters. The number of fused-ring (bicyclic) bond motifs is 1. The number of carbonyl (C=O) groups is 1. The molecular formula is C16H13ClF3IN2O. The maximum atomic E-state index is 12.5. The number of amides is 1. The molecule has 0 radical (unpaired) electrons. The fraction of sp³-hybridized carbons (Fsp3) is 0.375. The molecule has 1 saturated carbocycles. The highest BCUT2D eigenvalue weighted by Crippen LogP contribution is 2.49. The number of alkyl halides is 4. The highest BCUT2D eigenvalue weighted by molar-refractivity contribution is 14.1. The third kappa shape index (κ3) is 3.77. The van der Waals surface area contributed by atoms with E-state index in [1.165, 1.54) is 0 Å². The molecule has 1 aromatic carbocycles. The number of nitrogens with one attached hydrogen (secondary N) is 1. The summed E-state index contributed by atoms with van der Waals surface area (Å²) in [6.07, 6.45) is -3.71. The molecule has 1 aliphatic rings. The van der Waals surface area contributed by atoms with Gasteiger partial charge in [0.1, 0.15) is 0 Å². The number of carbonyl (C=O) groups excluding carboxylic acids is 1. The van der Waals surface area contributed by atoms with Gasteiger partial charge in [0.05, 0.1) is 22.5 Å². The van der Waals surface area contributed by atoms with Crippen molar-refractivity contribution in [1.29, 1.82) is 0 Å². The van der Waals surface area contributed by atoms with E-state index in [-0.39, 0.29) is 18.7 Å². The maximum absolute atomic E-state index is 12.5. The normalized spacial score (nSPS) is 23.8. The van der Waals surface area contributed by atoms with Crippen molar-refractivity contribution in [3.8, 4) is 0 Å². The van der Waals surface area contributed by atoms with Crippen molar-refractivity contribution in [3.63, 3.8) is 0 Å². The zero-order valence-electron chi connectivity index (χ0n) is 12.3. The lowest BCUT2D eigenvalue weighted by molar-refractivity contribution is -0.152. The van der Waals surface area contributed by atoms with Crippen LogP contribution < -0.4 is 5.32 Å². The minimum Gasteiger partial charge on any atom is -0.324 e. The molecular weight excluding hydrogens is 456 g/mol. The number of hydrogen-bond acceptors (Lipinski definition) is 2. The van der Waals surface area contributed by atoms with E-state index in [1.807, 2.05) is 12.1 Å². The second kappa shape index (κ2) is 6.33. The second-order valence-electron chi connectivity index (χ2n) is 6.03. The third-order valence-electron chi connectivity index (χ3n) is 4.09. The molecule has 0 bridgehead atoms. The molecule has 0 aliphatic heterocycles. The van der Waals surface area contributed by atoms with E-state index >= 15 is 0 Å². The predicted molar refractivity (Wildman–Crippen MR) is 95.1 cm³/mol. The Bertz CT molecular complexity index is 790. The minimum atomic E-state index is -4.32. The zero-order valence-corrected chi connectivity index (χ0v) is 15.2. The van der Waals surface area contributed by atoms with Gasteiger partial charge in [0.15, 0.2) is 0 Å². The van der Waals surface area contributed by atoms with Gasteiger partial charge in [0.2, 0.25) is 5.91 Å². The molecule has 0 spiro atoms. The molecule has 2 aromatic rings. The van der Waals surface area contributed by atoms with Gasteiger partial charge in [-0.2, -0.15) is 13.2 Å². The maximum Gasteiger partial charge on any atom is 0.390 e. The van der Waals surface area contributed by atoms with E-state index in [0.29, 0.717) is 11.2 Å². The van der Waals surface area contributed by atoms with Crippen LogP contribution in [0.15, 0.2) is 30.5 Å². The van der Waals surface area contributed by atoms with Crippen molar-refractivity contribution < 1.29 is 18.0 Å². The number of halogens is 5. The fourth-order valence-electron chi connectivity index (χ4n) is 2.99. The van der Waals surface area contributed by atoms with Crippen LogP contribution in [0, 0.1) is 9.49 Å². The van der Waals surface area contributed by atoms with Gasteiger partial charge in [-0.3, -0.25) is 9.78 Å². The monoisotopic (exact) mass is 468 g/mol. The van der Waals surface area contributed by atoms with Gasteiger partial charge in [-0.25, -0.2) is 0 Å². The van der Waals surface area contributed by atoms with Gasteiger partial charge in [0, 0.05) is 21.1 Å². The van der Waals surface area contributed by atoms with Crippen LogP contribution in [0.1, 0.15) is 19.3 Å². The number of pyridine rings is 1. The Kier molecular flexibility index (Phi) is 4.67. The molecule has 0 saturated heterocycles. The molecule has 8 heteroatoms. The number of anilines is 1. The van der Waals surface area contributed by atoms with Crippen molar-refractivity contribution in [1.82, 2.24) is 4.98 Å². The topological polar surface area (TPSA) is 42.0 Å². The van der Waals surface area contributed by atoms with Crippen LogP contribution >= 0.6 is 34.2 Å². The van der Waals surface area contributed by atoms with Gasteiger partial charge >= 0.3 is 6.18 Å². The quantitative estimate of drug-likeness (QED) is 0.502. The molecule has 24 heavy (non-hydrogen) atoms. The molecule has 1 aromatic heterocycles. The SMILES string of the molecule is O=C(Nc1ccc(I)c2cccnc12)C1CC(Cl)(CC(F)(F)F)C1. The first-order valence-electron chi connectivity index (χ1n) is 7.27. The van der Waals surface area contributed by atoms with Crippen LogP contribution in [0.25, 0.3) is 10.9 Å². The van der Waals surface area contributed by atoms with Gasteiger partial charge < -0.3 is 5.32 Å². The summed E-state index contributed by atoms with van der Waals surface area (Å²) in [7, 11) is 0. The Labute approximate surface area is 155 Å². The third-order valence-corrected chi connectivity index (χ3v) is 5.47. The predicted octanol–water partition coefficient (Wildman–Crippen LogP) is 5.12. The molecule has 1 aliphatic carbocycles. The number of nitrogens with zero attached hydrogens (tertiary/aromatic N) is 1. The Hall–Kier alpha value is -1.09. The van der Waals surface area contributed by atoms with Gasteiger partial charge in [-0.05, 0) is 53.6 Å². The van der Waals surface area contributed by atoms with E-state index in [0.717, 1.165) is 8.96 Å². The van der Waals surface area contributed by atoms with Crippen molar-refractivity contribution in [2.24, 2.45) is 5.92 Å². The summed E-state index contributed by atoms with van der Waals surface area (Å²) < 4.78 is 38.4. The minimum absolute atomic E-state index is 0.0234. The lowest BCUT2D eigenvalue weighted by atomic mass is 9.71.